The molecule has 1 atom stereocenters. The molecule has 0 heterocycles. The highest BCUT2D eigenvalue weighted by atomic mass is 79.9. The molecule has 1 aromatic rings. The summed E-state index contributed by atoms with van der Waals surface area (Å²) < 4.78 is 36.9. The fourth-order valence-electron chi connectivity index (χ4n) is 1.68. The van der Waals surface area contributed by atoms with Gasteiger partial charge in [-0.3, -0.25) is 0 Å². The van der Waals surface area contributed by atoms with Crippen LogP contribution in [0.15, 0.2) is 22.7 Å². The number of rotatable bonds is 5. The van der Waals surface area contributed by atoms with Crippen LogP contribution in [0.2, 0.25) is 0 Å². The Morgan fingerprint density at radius 3 is 2.68 bits per heavy atom. The van der Waals surface area contributed by atoms with Crippen LogP contribution in [-0.2, 0) is 0 Å². The fourth-order valence-corrected chi connectivity index (χ4v) is 2.04. The van der Waals surface area contributed by atoms with Gasteiger partial charge in [-0.25, -0.2) is 0 Å². The second-order valence-electron chi connectivity index (χ2n) is 4.35. The molecule has 104 valence electrons. The molecular formula is C13H14BrF3N2. The van der Waals surface area contributed by atoms with Crippen LogP contribution >= 0.6 is 15.9 Å². The van der Waals surface area contributed by atoms with E-state index in [9.17, 15) is 13.2 Å². The molecule has 19 heavy (non-hydrogen) atoms. The van der Waals surface area contributed by atoms with Crippen LogP contribution < -0.4 is 5.32 Å². The maximum atomic E-state index is 12.0. The van der Waals surface area contributed by atoms with Gasteiger partial charge in [-0.2, -0.15) is 18.4 Å². The minimum absolute atomic E-state index is 0.0769. The molecule has 1 unspecified atom stereocenters. The van der Waals surface area contributed by atoms with Crippen molar-refractivity contribution < 1.29 is 13.2 Å². The number of benzene rings is 1. The second kappa shape index (κ2) is 6.80. The summed E-state index contributed by atoms with van der Waals surface area (Å²) in [4.78, 5) is 0. The van der Waals surface area contributed by atoms with Gasteiger partial charge in [0.05, 0.1) is 11.3 Å². The largest absolute Gasteiger partial charge is 0.389 e. The van der Waals surface area contributed by atoms with Gasteiger partial charge in [-0.15, -0.1) is 0 Å². The molecule has 0 aliphatic heterocycles. The molecule has 1 N–H and O–H groups in total. The third kappa shape index (κ3) is 5.97. The summed E-state index contributed by atoms with van der Waals surface area (Å²) in [6.45, 7) is 1.80. The monoisotopic (exact) mass is 334 g/mol. The van der Waals surface area contributed by atoms with Gasteiger partial charge in [0, 0.05) is 16.9 Å². The van der Waals surface area contributed by atoms with Crippen LogP contribution in [0.1, 0.15) is 31.7 Å². The Morgan fingerprint density at radius 1 is 1.42 bits per heavy atom. The molecule has 0 aromatic heterocycles. The summed E-state index contributed by atoms with van der Waals surface area (Å²) >= 11 is 3.30. The van der Waals surface area contributed by atoms with Gasteiger partial charge in [-0.05, 0) is 38.0 Å². The molecule has 0 spiro atoms. The van der Waals surface area contributed by atoms with Gasteiger partial charge < -0.3 is 5.32 Å². The van der Waals surface area contributed by atoms with Crippen molar-refractivity contribution in [2.45, 2.75) is 38.4 Å². The predicted octanol–water partition coefficient (Wildman–Crippen LogP) is 4.85. The van der Waals surface area contributed by atoms with Crippen LogP contribution in [0.5, 0.6) is 0 Å². The van der Waals surface area contributed by atoms with Crippen molar-refractivity contribution >= 4 is 21.6 Å². The average molecular weight is 335 g/mol. The van der Waals surface area contributed by atoms with Crippen molar-refractivity contribution in [1.29, 1.82) is 5.26 Å². The van der Waals surface area contributed by atoms with E-state index in [1.165, 1.54) is 0 Å². The fraction of sp³-hybridized carbons (Fsp3) is 0.462. The van der Waals surface area contributed by atoms with Crippen molar-refractivity contribution in [3.8, 4) is 6.07 Å². The SMILES string of the molecule is CC(CCCC(F)(F)F)Nc1cc(Br)ccc1C#N. The zero-order valence-electron chi connectivity index (χ0n) is 10.4. The minimum Gasteiger partial charge on any atom is -0.381 e. The smallest absolute Gasteiger partial charge is 0.381 e. The van der Waals surface area contributed by atoms with Crippen LogP contribution in [0.3, 0.4) is 0 Å². The van der Waals surface area contributed by atoms with E-state index in [0.29, 0.717) is 17.7 Å². The van der Waals surface area contributed by atoms with E-state index in [0.717, 1.165) is 4.47 Å². The molecule has 0 amide bonds. The predicted molar refractivity (Wildman–Crippen MR) is 71.8 cm³/mol. The van der Waals surface area contributed by atoms with E-state index < -0.39 is 12.6 Å². The third-order valence-electron chi connectivity index (χ3n) is 2.60. The van der Waals surface area contributed by atoms with E-state index >= 15 is 0 Å². The molecule has 2 nitrogen and oxygen atoms in total. The molecule has 0 saturated heterocycles. The summed E-state index contributed by atoms with van der Waals surface area (Å²) in [5.74, 6) is 0. The van der Waals surface area contributed by atoms with Gasteiger partial charge in [0.2, 0.25) is 0 Å². The molecule has 1 aromatic carbocycles. The Morgan fingerprint density at radius 2 is 2.11 bits per heavy atom. The highest BCUT2D eigenvalue weighted by Crippen LogP contribution is 2.25. The van der Waals surface area contributed by atoms with Gasteiger partial charge in [0.15, 0.2) is 0 Å². The van der Waals surface area contributed by atoms with Crippen LogP contribution in [0.4, 0.5) is 18.9 Å². The van der Waals surface area contributed by atoms with E-state index in [2.05, 4.69) is 21.2 Å². The lowest BCUT2D eigenvalue weighted by Crippen LogP contribution is -2.17. The lowest BCUT2D eigenvalue weighted by Gasteiger charge is -2.17. The minimum atomic E-state index is -4.10. The Labute approximate surface area is 118 Å². The summed E-state index contributed by atoms with van der Waals surface area (Å²) in [6.07, 6.45) is -4.40. The molecular weight excluding hydrogens is 321 g/mol. The zero-order valence-corrected chi connectivity index (χ0v) is 12.0. The van der Waals surface area contributed by atoms with Crippen molar-refractivity contribution in [3.05, 3.63) is 28.2 Å². The topological polar surface area (TPSA) is 35.8 Å². The molecule has 0 radical (unpaired) electrons. The van der Waals surface area contributed by atoms with Gasteiger partial charge in [0.25, 0.3) is 0 Å². The first kappa shape index (κ1) is 15.8. The number of nitrogens with one attached hydrogen (secondary N) is 1. The molecule has 6 heteroatoms. The maximum absolute atomic E-state index is 12.0. The molecule has 1 rings (SSSR count). The lowest BCUT2D eigenvalue weighted by molar-refractivity contribution is -0.135. The number of halogens is 4. The van der Waals surface area contributed by atoms with E-state index in [1.807, 2.05) is 6.07 Å². The number of hydrogen-bond acceptors (Lipinski definition) is 2. The number of nitriles is 1. The van der Waals surface area contributed by atoms with E-state index in [-0.39, 0.29) is 12.5 Å². The number of alkyl halides is 3. The first-order valence-corrected chi connectivity index (χ1v) is 6.64. The van der Waals surface area contributed by atoms with Crippen LogP contribution in [-0.4, -0.2) is 12.2 Å². The lowest BCUT2D eigenvalue weighted by atomic mass is 10.1. The number of hydrogen-bond donors (Lipinski definition) is 1. The molecule has 0 bridgehead atoms. The van der Waals surface area contributed by atoms with Gasteiger partial charge in [0.1, 0.15) is 6.07 Å². The van der Waals surface area contributed by atoms with Crippen molar-refractivity contribution in [3.63, 3.8) is 0 Å². The van der Waals surface area contributed by atoms with Crippen LogP contribution in [0.25, 0.3) is 0 Å². The second-order valence-corrected chi connectivity index (χ2v) is 5.27. The maximum Gasteiger partial charge on any atom is 0.389 e. The molecule has 0 saturated carbocycles. The zero-order chi connectivity index (χ0) is 14.5. The normalized spacial score (nSPS) is 12.8. The highest BCUT2D eigenvalue weighted by molar-refractivity contribution is 9.10. The number of nitrogens with zero attached hydrogens (tertiary/aromatic N) is 1. The molecule has 0 aliphatic rings. The Hall–Kier alpha value is -1.22. The van der Waals surface area contributed by atoms with E-state index in [1.54, 1.807) is 25.1 Å². The van der Waals surface area contributed by atoms with Gasteiger partial charge >= 0.3 is 6.18 Å². The first-order chi connectivity index (χ1) is 8.81. The quantitative estimate of drug-likeness (QED) is 0.835. The first-order valence-electron chi connectivity index (χ1n) is 5.85. The van der Waals surface area contributed by atoms with E-state index in [4.69, 9.17) is 5.26 Å². The highest BCUT2D eigenvalue weighted by Gasteiger charge is 2.26. The Bertz CT molecular complexity index is 466. The molecule has 0 aliphatic carbocycles. The average Bonchev–Trinajstić information content (AvgIpc) is 2.27. The van der Waals surface area contributed by atoms with Crippen LogP contribution in [0, 0.1) is 11.3 Å². The summed E-state index contributed by atoms with van der Waals surface area (Å²) in [5, 5.41) is 12.0. The van der Waals surface area contributed by atoms with Gasteiger partial charge in [-0.1, -0.05) is 15.9 Å². The Kier molecular flexibility index (Phi) is 5.67. The standard InChI is InChI=1S/C13H14BrF3N2/c1-9(3-2-6-13(15,16)17)19-12-7-11(14)5-4-10(12)8-18/h4-5,7,9,19H,2-3,6H2,1H3. The van der Waals surface area contributed by atoms with Crippen molar-refractivity contribution in [2.24, 2.45) is 0 Å². The summed E-state index contributed by atoms with van der Waals surface area (Å²) in [6, 6.07) is 7.08. The summed E-state index contributed by atoms with van der Waals surface area (Å²) in [5.41, 5.74) is 1.11. The number of anilines is 1. The third-order valence-corrected chi connectivity index (χ3v) is 3.09. The molecule has 0 fully saturated rings. The Balaban J connectivity index is 2.55. The summed E-state index contributed by atoms with van der Waals surface area (Å²) in [7, 11) is 0. The van der Waals surface area contributed by atoms with Crippen molar-refractivity contribution in [1.82, 2.24) is 0 Å². The van der Waals surface area contributed by atoms with Crippen molar-refractivity contribution in [2.75, 3.05) is 5.32 Å².